The summed E-state index contributed by atoms with van der Waals surface area (Å²) in [6.45, 7) is 0.446. The van der Waals surface area contributed by atoms with Crippen LogP contribution in [-0.4, -0.2) is 53.9 Å². The summed E-state index contributed by atoms with van der Waals surface area (Å²) in [6, 6.07) is 2.40. The highest BCUT2D eigenvalue weighted by molar-refractivity contribution is 9.10. The monoisotopic (exact) mass is 376 g/mol. The van der Waals surface area contributed by atoms with Crippen LogP contribution in [0.5, 0.6) is 11.5 Å². The van der Waals surface area contributed by atoms with Crippen molar-refractivity contribution < 1.29 is 29.4 Å². The van der Waals surface area contributed by atoms with Crippen molar-refractivity contribution in [1.29, 1.82) is 0 Å². The van der Waals surface area contributed by atoms with Gasteiger partial charge in [0.1, 0.15) is 6.04 Å². The van der Waals surface area contributed by atoms with E-state index in [0.717, 1.165) is 0 Å². The summed E-state index contributed by atoms with van der Waals surface area (Å²) in [5.41, 5.74) is 0.362. The zero-order chi connectivity index (χ0) is 16.9. The van der Waals surface area contributed by atoms with Crippen LogP contribution in [0.1, 0.15) is 16.8 Å². The third-order valence-corrected chi connectivity index (χ3v) is 3.84. The molecule has 0 radical (unpaired) electrons. The third-order valence-electron chi connectivity index (χ3n) is 3.25. The Labute approximate surface area is 135 Å². The quantitative estimate of drug-likeness (QED) is 0.672. The Balaban J connectivity index is 0.00000116. The van der Waals surface area contributed by atoms with Gasteiger partial charge >= 0.3 is 5.97 Å². The van der Waals surface area contributed by atoms with E-state index in [2.05, 4.69) is 21.8 Å². The molecule has 4 N–H and O–H groups in total. The summed E-state index contributed by atoms with van der Waals surface area (Å²) >= 11 is 3.31. The smallest absolute Gasteiger partial charge is 0.326 e. The van der Waals surface area contributed by atoms with Gasteiger partial charge in [-0.3, -0.25) is 4.79 Å². The van der Waals surface area contributed by atoms with Gasteiger partial charge in [0, 0.05) is 12.1 Å². The van der Waals surface area contributed by atoms with Gasteiger partial charge in [-0.1, -0.05) is 0 Å². The second-order valence-electron chi connectivity index (χ2n) is 4.33. The number of amides is 1. The average molecular weight is 377 g/mol. The van der Waals surface area contributed by atoms with E-state index in [9.17, 15) is 9.59 Å². The van der Waals surface area contributed by atoms with Crippen molar-refractivity contribution in [3.8, 4) is 11.5 Å². The van der Waals surface area contributed by atoms with Crippen LogP contribution in [0.2, 0.25) is 0 Å². The molecule has 1 aromatic carbocycles. The fourth-order valence-electron chi connectivity index (χ4n) is 2.09. The van der Waals surface area contributed by atoms with Crippen LogP contribution < -0.4 is 15.4 Å². The van der Waals surface area contributed by atoms with Crippen molar-refractivity contribution in [3.63, 3.8) is 0 Å². The number of carboxylic acid groups (broad SMARTS) is 1. The van der Waals surface area contributed by atoms with Gasteiger partial charge < -0.3 is 24.7 Å². The lowest BCUT2D eigenvalue weighted by molar-refractivity contribution is -0.146. The number of nitrogens with zero attached hydrogens (tertiary/aromatic N) is 1. The van der Waals surface area contributed by atoms with Crippen LogP contribution in [0.15, 0.2) is 16.6 Å². The summed E-state index contributed by atoms with van der Waals surface area (Å²) in [4.78, 5) is 24.6. The van der Waals surface area contributed by atoms with Gasteiger partial charge in [-0.15, -0.1) is 0 Å². The van der Waals surface area contributed by atoms with Crippen LogP contribution in [0.25, 0.3) is 0 Å². The van der Waals surface area contributed by atoms with Gasteiger partial charge in [0.2, 0.25) is 0 Å². The van der Waals surface area contributed by atoms with Crippen LogP contribution in [0.4, 0.5) is 0 Å². The molecular weight excluding hydrogens is 360 g/mol. The molecule has 0 saturated carbocycles. The van der Waals surface area contributed by atoms with E-state index in [1.165, 1.54) is 19.1 Å². The predicted octanol–water partition coefficient (Wildman–Crippen LogP) is 1.10. The molecule has 1 amide bonds. The normalized spacial score (nSPS) is 16.0. The van der Waals surface area contributed by atoms with Gasteiger partial charge in [-0.25, -0.2) is 10.7 Å². The molecule has 0 unspecified atom stereocenters. The van der Waals surface area contributed by atoms with Crippen LogP contribution in [0, 0.1) is 0 Å². The highest BCUT2D eigenvalue weighted by atomic mass is 79.9. The number of carboxylic acids is 1. The third kappa shape index (κ3) is 3.49. The largest absolute Gasteiger partial charge is 0.493 e. The van der Waals surface area contributed by atoms with Crippen molar-refractivity contribution in [3.05, 3.63) is 22.2 Å². The second-order valence-corrected chi connectivity index (χ2v) is 5.19. The number of carbonyl (C=O) groups excluding carboxylic acids is 1. The summed E-state index contributed by atoms with van der Waals surface area (Å²) < 4.78 is 10.9. The molecule has 0 aliphatic carbocycles. The van der Waals surface area contributed by atoms with Crippen molar-refractivity contribution in [2.45, 2.75) is 12.5 Å². The first-order chi connectivity index (χ1) is 10.5. The van der Waals surface area contributed by atoms with Crippen molar-refractivity contribution in [1.82, 2.24) is 4.90 Å². The summed E-state index contributed by atoms with van der Waals surface area (Å²) in [6.07, 6.45) is 0.482. The number of ether oxygens (including phenoxy) is 2. The predicted molar refractivity (Wildman–Crippen MR) is 80.3 cm³/mol. The fraction of sp³-hybridized carbons (Fsp3) is 0.385. The maximum Gasteiger partial charge on any atom is 0.326 e. The van der Waals surface area contributed by atoms with Gasteiger partial charge in [0.05, 0.1) is 18.7 Å². The summed E-state index contributed by atoms with van der Waals surface area (Å²) in [7, 11) is 2.97. The van der Waals surface area contributed by atoms with Gasteiger partial charge in [0.15, 0.2) is 11.5 Å². The molecule has 1 fully saturated rings. The Morgan fingerprint density at radius 3 is 2.36 bits per heavy atom. The van der Waals surface area contributed by atoms with Crippen LogP contribution in [0.3, 0.4) is 0 Å². The number of carbonyl (C=O) groups is 2. The second kappa shape index (κ2) is 7.97. The zero-order valence-corrected chi connectivity index (χ0v) is 13.7. The lowest BCUT2D eigenvalue weighted by atomic mass is 10.0. The number of halogens is 1. The molecule has 1 saturated heterocycles. The van der Waals surface area contributed by atoms with E-state index in [4.69, 9.17) is 19.8 Å². The van der Waals surface area contributed by atoms with Gasteiger partial charge in [-0.05, 0) is 34.5 Å². The van der Waals surface area contributed by atoms with Gasteiger partial charge in [-0.2, -0.15) is 0 Å². The summed E-state index contributed by atoms with van der Waals surface area (Å²) in [5, 5.41) is 15.5. The minimum absolute atomic E-state index is 0.328. The van der Waals surface area contributed by atoms with Crippen LogP contribution >= 0.6 is 15.9 Å². The molecule has 0 spiro atoms. The van der Waals surface area contributed by atoms with Crippen molar-refractivity contribution >= 4 is 27.8 Å². The molecule has 1 aliphatic heterocycles. The minimum Gasteiger partial charge on any atom is -0.493 e. The first-order valence-electron chi connectivity index (χ1n) is 6.20. The molecule has 1 aromatic rings. The number of hydrogen-bond acceptors (Lipinski definition) is 6. The van der Waals surface area contributed by atoms with E-state index in [-0.39, 0.29) is 5.91 Å². The molecule has 0 aromatic heterocycles. The molecule has 122 valence electrons. The standard InChI is InChI=1S/C13H14BrNO5.H3NO/c1-19-10-6-7(5-8(14)11(10)20-2)12(16)15-4-3-9(15)13(17)18;1-2/h5-6,9H,3-4H2,1-2H3,(H,17,18);2H,1H2/t9-;/m1./s1. The Morgan fingerprint density at radius 2 is 1.95 bits per heavy atom. The lowest BCUT2D eigenvalue weighted by Crippen LogP contribution is -2.55. The highest BCUT2D eigenvalue weighted by Crippen LogP contribution is 2.37. The van der Waals surface area contributed by atoms with Crippen molar-refractivity contribution in [2.24, 2.45) is 5.90 Å². The van der Waals surface area contributed by atoms with Gasteiger partial charge in [0.25, 0.3) is 5.91 Å². The summed E-state index contributed by atoms with van der Waals surface area (Å²) in [5.74, 6) is 3.09. The molecule has 1 atom stereocenters. The maximum atomic E-state index is 12.3. The topological polar surface area (TPSA) is 122 Å². The van der Waals surface area contributed by atoms with Crippen molar-refractivity contribution in [2.75, 3.05) is 20.8 Å². The average Bonchev–Trinajstić information content (AvgIpc) is 2.46. The zero-order valence-electron chi connectivity index (χ0n) is 12.1. The Kier molecular flexibility index (Phi) is 6.60. The fourth-order valence-corrected chi connectivity index (χ4v) is 2.70. The number of aliphatic carboxylic acids is 1. The molecule has 9 heteroatoms. The van der Waals surface area contributed by atoms with E-state index in [0.29, 0.717) is 34.5 Å². The molecule has 2 rings (SSSR count). The molecular formula is C13H17BrN2O6. The maximum absolute atomic E-state index is 12.3. The molecule has 1 aliphatic rings. The van der Waals surface area contributed by atoms with Crippen LogP contribution in [-0.2, 0) is 4.79 Å². The Hall–Kier alpha value is -1.84. The molecule has 1 heterocycles. The lowest BCUT2D eigenvalue weighted by Gasteiger charge is -2.38. The number of nitrogens with two attached hydrogens (primary N) is 1. The molecule has 22 heavy (non-hydrogen) atoms. The molecule has 8 nitrogen and oxygen atoms in total. The number of likely N-dealkylation sites (tertiary alicyclic amines) is 1. The SMILES string of the molecule is COc1cc(C(=O)N2CC[C@@H]2C(=O)O)cc(Br)c1OC.NO. The number of hydrogen-bond donors (Lipinski definition) is 3. The van der Waals surface area contributed by atoms with E-state index in [1.54, 1.807) is 12.1 Å². The first-order valence-corrected chi connectivity index (χ1v) is 7.00. The minimum atomic E-state index is -0.982. The first kappa shape index (κ1) is 18.2. The number of methoxy groups -OCH3 is 2. The Bertz CT molecular complexity index is 566. The highest BCUT2D eigenvalue weighted by Gasteiger charge is 2.38. The van der Waals surface area contributed by atoms with E-state index < -0.39 is 12.0 Å². The van der Waals surface area contributed by atoms with E-state index >= 15 is 0 Å². The Morgan fingerprint density at radius 1 is 1.32 bits per heavy atom. The number of benzene rings is 1. The number of rotatable bonds is 4. The van der Waals surface area contributed by atoms with E-state index in [1.807, 2.05) is 0 Å². The molecule has 0 bridgehead atoms.